The number of anilines is 1. The summed E-state index contributed by atoms with van der Waals surface area (Å²) in [6, 6.07) is 10.8. The number of rotatable bonds is 9. The molecule has 0 atom stereocenters. The third kappa shape index (κ3) is 7.84. The van der Waals surface area contributed by atoms with E-state index in [1.165, 1.54) is 13.3 Å². The molecular weight excluding hydrogens is 412 g/mol. The lowest BCUT2D eigenvalue weighted by atomic mass is 10.1. The summed E-state index contributed by atoms with van der Waals surface area (Å²) in [7, 11) is 1.49. The number of aryl methyl sites for hydroxylation is 3. The maximum absolute atomic E-state index is 12.2. The molecule has 0 fully saturated rings. The first-order valence-corrected chi connectivity index (χ1v) is 10.0. The summed E-state index contributed by atoms with van der Waals surface area (Å²) in [5.41, 5.74) is 6.75. The average molecular weight is 441 g/mol. The Balaban J connectivity index is 1.80. The second-order valence-electron chi connectivity index (χ2n) is 7.13. The van der Waals surface area contributed by atoms with Gasteiger partial charge in [0.15, 0.2) is 6.61 Å². The van der Waals surface area contributed by atoms with Gasteiger partial charge in [-0.25, -0.2) is 5.43 Å². The molecule has 0 saturated carbocycles. The highest BCUT2D eigenvalue weighted by atomic mass is 16.5. The molecular formula is C23H28N4O5. The van der Waals surface area contributed by atoms with Gasteiger partial charge in [-0.2, -0.15) is 5.10 Å². The highest BCUT2D eigenvalue weighted by molar-refractivity contribution is 6.35. The van der Waals surface area contributed by atoms with Gasteiger partial charge in [0, 0.05) is 19.3 Å². The summed E-state index contributed by atoms with van der Waals surface area (Å²) in [6.07, 6.45) is 1.39. The zero-order valence-electron chi connectivity index (χ0n) is 18.7. The van der Waals surface area contributed by atoms with Gasteiger partial charge in [-0.1, -0.05) is 17.7 Å². The van der Waals surface area contributed by atoms with Crippen LogP contribution in [0.5, 0.6) is 5.75 Å². The molecule has 0 heterocycles. The number of carbonyl (C=O) groups is 3. The Morgan fingerprint density at radius 1 is 1.00 bits per heavy atom. The third-order valence-electron chi connectivity index (χ3n) is 4.37. The van der Waals surface area contributed by atoms with E-state index in [2.05, 4.69) is 21.2 Å². The lowest BCUT2D eigenvalue weighted by molar-refractivity contribution is -0.139. The van der Waals surface area contributed by atoms with Gasteiger partial charge >= 0.3 is 11.8 Å². The van der Waals surface area contributed by atoms with Gasteiger partial charge in [0.2, 0.25) is 0 Å². The second kappa shape index (κ2) is 12.2. The standard InChI is InChI=1S/C23H28N4O5/c1-15-11-16(2)21(17(3)12-15)26-20(28)14-32-19-7-5-18(6-8-19)13-25-27-23(30)22(29)24-9-10-31-4/h5-8,11-13H,9-10,14H2,1-4H3,(H,24,29)(H,26,28)(H,27,30)/b25-13-. The largest absolute Gasteiger partial charge is 0.484 e. The Bertz CT molecular complexity index is 963. The maximum atomic E-state index is 12.2. The van der Waals surface area contributed by atoms with E-state index in [0.717, 1.165) is 22.4 Å². The molecule has 0 saturated heterocycles. The topological polar surface area (TPSA) is 118 Å². The monoisotopic (exact) mass is 440 g/mol. The first-order chi connectivity index (χ1) is 15.3. The predicted octanol–water partition coefficient (Wildman–Crippen LogP) is 1.84. The Morgan fingerprint density at radius 2 is 1.66 bits per heavy atom. The molecule has 0 aromatic heterocycles. The molecule has 9 nitrogen and oxygen atoms in total. The van der Waals surface area contributed by atoms with Crippen LogP contribution < -0.4 is 20.8 Å². The predicted molar refractivity (Wildman–Crippen MR) is 122 cm³/mol. The highest BCUT2D eigenvalue weighted by Gasteiger charge is 2.11. The van der Waals surface area contributed by atoms with Gasteiger partial charge in [0.05, 0.1) is 12.8 Å². The molecule has 2 aromatic carbocycles. The minimum Gasteiger partial charge on any atom is -0.484 e. The smallest absolute Gasteiger partial charge is 0.329 e. The minimum atomic E-state index is -0.873. The lowest BCUT2D eigenvalue weighted by Gasteiger charge is -2.13. The number of hydrogen-bond donors (Lipinski definition) is 3. The molecule has 3 N–H and O–H groups in total. The van der Waals surface area contributed by atoms with Crippen LogP contribution in [-0.2, 0) is 19.1 Å². The van der Waals surface area contributed by atoms with Crippen LogP contribution in [0, 0.1) is 20.8 Å². The molecule has 0 radical (unpaired) electrons. The average Bonchev–Trinajstić information content (AvgIpc) is 2.75. The van der Waals surface area contributed by atoms with Crippen molar-refractivity contribution in [1.29, 1.82) is 0 Å². The summed E-state index contributed by atoms with van der Waals surface area (Å²) >= 11 is 0. The molecule has 0 spiro atoms. The van der Waals surface area contributed by atoms with E-state index in [0.29, 0.717) is 17.9 Å². The number of amides is 3. The Labute approximate surface area is 187 Å². The van der Waals surface area contributed by atoms with E-state index in [1.807, 2.05) is 32.9 Å². The lowest BCUT2D eigenvalue weighted by Crippen LogP contribution is -2.39. The number of hydrazone groups is 1. The van der Waals surface area contributed by atoms with E-state index < -0.39 is 11.8 Å². The number of carbonyl (C=O) groups excluding carboxylic acids is 3. The SMILES string of the molecule is COCCNC(=O)C(=O)N/N=C\c1ccc(OCC(=O)Nc2c(C)cc(C)cc2C)cc1. The molecule has 0 aliphatic carbocycles. The van der Waals surface area contributed by atoms with Crippen molar-refractivity contribution in [2.45, 2.75) is 20.8 Å². The molecule has 0 unspecified atom stereocenters. The molecule has 2 aromatic rings. The van der Waals surface area contributed by atoms with Crippen molar-refractivity contribution in [3.63, 3.8) is 0 Å². The molecule has 0 aliphatic heterocycles. The van der Waals surface area contributed by atoms with E-state index in [-0.39, 0.29) is 19.1 Å². The van der Waals surface area contributed by atoms with Gasteiger partial charge in [0.25, 0.3) is 5.91 Å². The van der Waals surface area contributed by atoms with Crippen LogP contribution in [0.3, 0.4) is 0 Å². The number of methoxy groups -OCH3 is 1. The summed E-state index contributed by atoms with van der Waals surface area (Å²) in [5.74, 6) is -1.41. The summed E-state index contributed by atoms with van der Waals surface area (Å²) in [5, 5.41) is 9.02. The van der Waals surface area contributed by atoms with Crippen molar-refractivity contribution in [3.8, 4) is 5.75 Å². The van der Waals surface area contributed by atoms with Gasteiger partial charge in [0.1, 0.15) is 5.75 Å². The van der Waals surface area contributed by atoms with Crippen molar-refractivity contribution in [1.82, 2.24) is 10.7 Å². The van der Waals surface area contributed by atoms with Crippen LogP contribution in [0.25, 0.3) is 0 Å². The highest BCUT2D eigenvalue weighted by Crippen LogP contribution is 2.22. The number of ether oxygens (including phenoxy) is 2. The summed E-state index contributed by atoms with van der Waals surface area (Å²) < 4.78 is 10.3. The number of nitrogens with one attached hydrogen (secondary N) is 3. The molecule has 9 heteroatoms. The molecule has 0 bridgehead atoms. The van der Waals surface area contributed by atoms with Crippen LogP contribution in [0.2, 0.25) is 0 Å². The normalized spacial score (nSPS) is 10.6. The van der Waals surface area contributed by atoms with E-state index >= 15 is 0 Å². The zero-order chi connectivity index (χ0) is 23.5. The Kier molecular flexibility index (Phi) is 9.37. The van der Waals surface area contributed by atoms with Crippen molar-refractivity contribution in [2.24, 2.45) is 5.10 Å². The van der Waals surface area contributed by atoms with E-state index in [9.17, 15) is 14.4 Å². The Morgan fingerprint density at radius 3 is 2.28 bits per heavy atom. The molecule has 2 rings (SSSR count). The second-order valence-corrected chi connectivity index (χ2v) is 7.13. The van der Waals surface area contributed by atoms with Crippen LogP contribution in [-0.4, -0.2) is 50.8 Å². The summed E-state index contributed by atoms with van der Waals surface area (Å²) in [6.45, 7) is 6.33. The number of hydrogen-bond acceptors (Lipinski definition) is 6. The molecule has 3 amide bonds. The number of benzene rings is 2. The Hall–Kier alpha value is -3.72. The van der Waals surface area contributed by atoms with Gasteiger partial charge in [-0.05, 0) is 61.7 Å². The molecule has 32 heavy (non-hydrogen) atoms. The van der Waals surface area contributed by atoms with Crippen LogP contribution in [0.1, 0.15) is 22.3 Å². The van der Waals surface area contributed by atoms with Crippen molar-refractivity contribution >= 4 is 29.6 Å². The fraction of sp³-hybridized carbons (Fsp3) is 0.304. The van der Waals surface area contributed by atoms with Gasteiger partial charge < -0.3 is 20.1 Å². The summed E-state index contributed by atoms with van der Waals surface area (Å²) in [4.78, 5) is 35.3. The minimum absolute atomic E-state index is 0.131. The van der Waals surface area contributed by atoms with Crippen LogP contribution >= 0.6 is 0 Å². The van der Waals surface area contributed by atoms with E-state index in [4.69, 9.17) is 9.47 Å². The maximum Gasteiger partial charge on any atom is 0.329 e. The third-order valence-corrected chi connectivity index (χ3v) is 4.37. The fourth-order valence-electron chi connectivity index (χ4n) is 2.91. The van der Waals surface area contributed by atoms with Crippen LogP contribution in [0.4, 0.5) is 5.69 Å². The fourth-order valence-corrected chi connectivity index (χ4v) is 2.91. The van der Waals surface area contributed by atoms with E-state index in [1.54, 1.807) is 24.3 Å². The first kappa shape index (κ1) is 24.5. The van der Waals surface area contributed by atoms with Gasteiger partial charge in [-0.3, -0.25) is 14.4 Å². The van der Waals surface area contributed by atoms with Crippen molar-refractivity contribution < 1.29 is 23.9 Å². The quantitative estimate of drug-likeness (QED) is 0.238. The zero-order valence-corrected chi connectivity index (χ0v) is 18.7. The first-order valence-electron chi connectivity index (χ1n) is 10.0. The van der Waals surface area contributed by atoms with Gasteiger partial charge in [-0.15, -0.1) is 0 Å². The van der Waals surface area contributed by atoms with Crippen molar-refractivity contribution in [2.75, 3.05) is 32.2 Å². The number of nitrogens with zero attached hydrogens (tertiary/aromatic N) is 1. The molecule has 170 valence electrons. The van der Waals surface area contributed by atoms with Crippen molar-refractivity contribution in [3.05, 3.63) is 58.7 Å². The van der Waals surface area contributed by atoms with Crippen LogP contribution in [0.15, 0.2) is 41.5 Å². The molecule has 0 aliphatic rings.